The molecule has 0 bridgehead atoms. The van der Waals surface area contributed by atoms with Crippen LogP contribution < -0.4 is 10.6 Å². The highest BCUT2D eigenvalue weighted by Crippen LogP contribution is 2.39. The molecule has 0 aromatic carbocycles. The fourth-order valence-corrected chi connectivity index (χ4v) is 13.2. The molecular formula is C72H134N2O21. The molecule has 3 saturated heterocycles. The number of ether oxygens (including phenoxy) is 6. The second-order valence-electron chi connectivity index (χ2n) is 27.5. The maximum Gasteiger partial charge on any atom is 0.364 e. The van der Waals surface area contributed by atoms with E-state index in [9.17, 15) is 75.7 Å². The molecule has 23 heteroatoms. The van der Waals surface area contributed by atoms with Crippen molar-refractivity contribution < 1.29 is 104 Å². The highest BCUT2D eigenvalue weighted by molar-refractivity contribution is 5.77. The molecule has 0 aromatic heterocycles. The predicted octanol–water partition coefficient (Wildman–Crippen LogP) is 8.24. The number of hydrogen-bond acceptors (Lipinski definition) is 20. The van der Waals surface area contributed by atoms with Gasteiger partial charge in [-0.25, -0.2) is 4.79 Å². The Morgan fingerprint density at radius 1 is 0.547 bits per heavy atom. The van der Waals surface area contributed by atoms with Crippen molar-refractivity contribution in [1.29, 1.82) is 0 Å². The van der Waals surface area contributed by atoms with Crippen molar-refractivity contribution >= 4 is 17.8 Å². The molecule has 0 radical (unpaired) electrons. The molecule has 3 fully saturated rings. The van der Waals surface area contributed by atoms with Crippen LogP contribution in [0.2, 0.25) is 0 Å². The molecular weight excluding hydrogens is 1230 g/mol. The Labute approximate surface area is 569 Å². The number of amides is 2. The van der Waals surface area contributed by atoms with E-state index in [1.165, 1.54) is 199 Å². The zero-order valence-electron chi connectivity index (χ0n) is 58.5. The summed E-state index contributed by atoms with van der Waals surface area (Å²) in [6.07, 6.45) is 24.0. The Morgan fingerprint density at radius 2 is 0.979 bits per heavy atom. The monoisotopic (exact) mass is 1360 g/mol. The molecule has 14 N–H and O–H groups in total. The largest absolute Gasteiger partial charge is 0.477 e. The fraction of sp³-hybridized carbons (Fsp3) is 0.931. The second kappa shape index (κ2) is 52.5. The van der Waals surface area contributed by atoms with Crippen LogP contribution in [0.25, 0.3) is 0 Å². The first kappa shape index (κ1) is 86.7. The lowest BCUT2D eigenvalue weighted by molar-refractivity contribution is -0.386. The summed E-state index contributed by atoms with van der Waals surface area (Å²) in [5.74, 6) is -6.13. The molecule has 23 nitrogen and oxygen atoms in total. The van der Waals surface area contributed by atoms with E-state index in [-0.39, 0.29) is 12.3 Å². The van der Waals surface area contributed by atoms with Gasteiger partial charge in [0.25, 0.3) is 5.79 Å². The summed E-state index contributed by atoms with van der Waals surface area (Å²) in [6.45, 7) is 2.17. The van der Waals surface area contributed by atoms with E-state index >= 15 is 0 Å². The van der Waals surface area contributed by atoms with Crippen molar-refractivity contribution in [3.63, 3.8) is 0 Å². The third kappa shape index (κ3) is 34.1. The molecule has 0 saturated carbocycles. The molecule has 3 aliphatic heterocycles. The zero-order chi connectivity index (χ0) is 69.6. The standard InChI is InChI=1S/C72H134N2O21/c1-4-6-8-10-12-14-16-18-20-21-22-23-24-25-26-27-28-29-30-32-34-36-38-40-42-44-46-59(82)74-53(54(79)45-43-41-39-37-35-33-31-19-17-15-13-11-9-7-5-2)51-90-69-64(86)63(85)66(58(50-77)92-69)93-70-65(87)68(62(84)57(49-76)91-70)95-72(71(88)89)47-55(80)60(73-52(3)78)67(94-72)61(83)56(81)48-75/h43,45,53-58,60-70,75-77,79-81,83-87H,4-42,44,46-51H2,1-3H3,(H,73,78)(H,74,82)(H,88,89)/b45-43+. The minimum absolute atomic E-state index is 0.205. The summed E-state index contributed by atoms with van der Waals surface area (Å²) in [5.41, 5.74) is 0. The fourth-order valence-electron chi connectivity index (χ4n) is 13.2. The van der Waals surface area contributed by atoms with Gasteiger partial charge in [-0.05, 0) is 19.3 Å². The van der Waals surface area contributed by atoms with E-state index in [0.717, 1.165) is 51.9 Å². The van der Waals surface area contributed by atoms with Gasteiger partial charge in [0.15, 0.2) is 12.6 Å². The second-order valence-corrected chi connectivity index (χ2v) is 27.5. The number of aliphatic carboxylic acids is 1. The summed E-state index contributed by atoms with van der Waals surface area (Å²) in [6, 6.07) is -2.61. The molecule has 2 amide bonds. The van der Waals surface area contributed by atoms with Crippen molar-refractivity contribution in [1.82, 2.24) is 10.6 Å². The molecule has 18 unspecified atom stereocenters. The molecule has 3 aliphatic rings. The van der Waals surface area contributed by atoms with Crippen LogP contribution >= 0.6 is 0 Å². The summed E-state index contributed by atoms with van der Waals surface area (Å²) >= 11 is 0. The number of carboxylic acids is 1. The molecule has 18 atom stereocenters. The van der Waals surface area contributed by atoms with E-state index in [4.69, 9.17) is 28.4 Å². The maximum absolute atomic E-state index is 13.5. The van der Waals surface area contributed by atoms with E-state index in [1.807, 2.05) is 6.08 Å². The molecule has 0 spiro atoms. The molecule has 0 aliphatic carbocycles. The van der Waals surface area contributed by atoms with Gasteiger partial charge in [0.1, 0.15) is 67.1 Å². The van der Waals surface area contributed by atoms with Crippen LogP contribution in [0.5, 0.6) is 0 Å². The minimum atomic E-state index is -3.08. The first-order chi connectivity index (χ1) is 45.9. The van der Waals surface area contributed by atoms with Gasteiger partial charge in [0.05, 0.1) is 50.7 Å². The van der Waals surface area contributed by atoms with Gasteiger partial charge >= 0.3 is 5.97 Å². The van der Waals surface area contributed by atoms with E-state index in [1.54, 1.807) is 6.08 Å². The Kier molecular flexibility index (Phi) is 47.9. The topological polar surface area (TPSA) is 373 Å². The Balaban J connectivity index is 1.53. The van der Waals surface area contributed by atoms with Gasteiger partial charge in [-0.3, -0.25) is 9.59 Å². The van der Waals surface area contributed by atoms with Gasteiger partial charge in [-0.2, -0.15) is 0 Å². The molecule has 3 heterocycles. The highest BCUT2D eigenvalue weighted by Gasteiger charge is 2.60. The number of carbonyl (C=O) groups excluding carboxylic acids is 2. The Bertz CT molecular complexity index is 1960. The predicted molar refractivity (Wildman–Crippen MR) is 362 cm³/mol. The number of rotatable bonds is 58. The summed E-state index contributed by atoms with van der Waals surface area (Å²) < 4.78 is 34.8. The van der Waals surface area contributed by atoms with Crippen LogP contribution in [0, 0.1) is 0 Å². The van der Waals surface area contributed by atoms with Crippen molar-refractivity contribution in [2.24, 2.45) is 0 Å². The third-order valence-corrected chi connectivity index (χ3v) is 19.2. The zero-order valence-corrected chi connectivity index (χ0v) is 58.5. The number of nitrogens with one attached hydrogen (secondary N) is 2. The molecule has 0 aromatic rings. The number of allylic oxidation sites excluding steroid dienone is 1. The van der Waals surface area contributed by atoms with Crippen LogP contribution in [-0.2, 0) is 42.8 Å². The maximum atomic E-state index is 13.5. The first-order valence-corrected chi connectivity index (χ1v) is 37.6. The van der Waals surface area contributed by atoms with Crippen molar-refractivity contribution in [3.8, 4) is 0 Å². The van der Waals surface area contributed by atoms with Gasteiger partial charge in [-0.1, -0.05) is 264 Å². The van der Waals surface area contributed by atoms with Crippen molar-refractivity contribution in [2.45, 2.75) is 400 Å². The van der Waals surface area contributed by atoms with Crippen LogP contribution in [0.3, 0.4) is 0 Å². The minimum Gasteiger partial charge on any atom is -0.477 e. The number of carbonyl (C=O) groups is 3. The first-order valence-electron chi connectivity index (χ1n) is 37.6. The van der Waals surface area contributed by atoms with Crippen LogP contribution in [0.1, 0.15) is 290 Å². The van der Waals surface area contributed by atoms with Gasteiger partial charge in [0, 0.05) is 19.8 Å². The van der Waals surface area contributed by atoms with Crippen LogP contribution in [0.4, 0.5) is 0 Å². The lowest BCUT2D eigenvalue weighted by Gasteiger charge is -2.50. The smallest absolute Gasteiger partial charge is 0.364 e. The van der Waals surface area contributed by atoms with E-state index in [2.05, 4.69) is 24.5 Å². The van der Waals surface area contributed by atoms with Crippen molar-refractivity contribution in [2.75, 3.05) is 26.4 Å². The average molecular weight is 1360 g/mol. The van der Waals surface area contributed by atoms with Gasteiger partial charge in [-0.15, -0.1) is 0 Å². The van der Waals surface area contributed by atoms with E-state index in [0.29, 0.717) is 12.8 Å². The number of unbranched alkanes of at least 4 members (excludes halogenated alkanes) is 38. The van der Waals surface area contributed by atoms with Gasteiger partial charge in [0.2, 0.25) is 11.8 Å². The van der Waals surface area contributed by atoms with Gasteiger partial charge < -0.3 is 100 Å². The normalized spacial score (nSPS) is 27.7. The lowest BCUT2D eigenvalue weighted by atomic mass is 9.88. The number of aliphatic hydroxyl groups is 11. The van der Waals surface area contributed by atoms with Crippen LogP contribution in [-0.4, -0.2) is 215 Å². The van der Waals surface area contributed by atoms with Crippen LogP contribution in [0.15, 0.2) is 12.2 Å². The lowest BCUT2D eigenvalue weighted by Crippen LogP contribution is -2.70. The molecule has 3 rings (SSSR count). The highest BCUT2D eigenvalue weighted by atomic mass is 16.8. The summed E-state index contributed by atoms with van der Waals surface area (Å²) in [5, 5.41) is 136. The summed E-state index contributed by atoms with van der Waals surface area (Å²) in [4.78, 5) is 38.6. The third-order valence-electron chi connectivity index (χ3n) is 19.2. The number of carboxylic acid groups (broad SMARTS) is 1. The Hall–Kier alpha value is -2.53. The van der Waals surface area contributed by atoms with Crippen molar-refractivity contribution in [3.05, 3.63) is 12.2 Å². The SMILES string of the molecule is CCCCCCCCCCCCCCC/C=C/C(O)C(COC1OC(CO)C(OC2OC(CO)C(O)C(OC3(C(=O)O)CC(O)C(NC(C)=O)C(C(O)C(O)CO)O3)C2O)C(O)C1O)NC(=O)CCCCCCCCCCCCCCCCCCCCCCCCCCCC. The molecule has 95 heavy (non-hydrogen) atoms. The van der Waals surface area contributed by atoms with E-state index < -0.39 is 155 Å². The molecule has 558 valence electrons. The average Bonchev–Trinajstić information content (AvgIpc) is 0.758. The Morgan fingerprint density at radius 3 is 1.40 bits per heavy atom. The number of aliphatic hydroxyl groups excluding tert-OH is 11. The number of hydrogen-bond donors (Lipinski definition) is 14. The summed E-state index contributed by atoms with van der Waals surface area (Å²) in [7, 11) is 0. The quantitative estimate of drug-likeness (QED) is 0.0201.